The Morgan fingerprint density at radius 3 is 2.93 bits per heavy atom. The molecule has 0 aromatic heterocycles. The molecule has 0 N–H and O–H groups in total. The van der Waals surface area contributed by atoms with E-state index in [9.17, 15) is 4.79 Å². The van der Waals surface area contributed by atoms with Crippen LogP contribution in [0, 0.1) is 0 Å². The standard InChI is InChI=1S/C11H14O3/c1-2-5-13-11(12)10-4-3-8(10)6-9-7-14-9/h2,9H,1,3-7H2. The Morgan fingerprint density at radius 1 is 1.64 bits per heavy atom. The summed E-state index contributed by atoms with van der Waals surface area (Å²) in [6.45, 7) is 4.65. The molecule has 1 aliphatic heterocycles. The minimum absolute atomic E-state index is 0.174. The number of ether oxygens (including phenoxy) is 2. The van der Waals surface area contributed by atoms with Crippen molar-refractivity contribution >= 4 is 5.97 Å². The third-order valence-corrected chi connectivity index (χ3v) is 2.56. The largest absolute Gasteiger partial charge is 0.458 e. The molecule has 0 saturated carbocycles. The smallest absolute Gasteiger partial charge is 0.334 e. The molecule has 0 aromatic carbocycles. The third kappa shape index (κ3) is 2.04. The summed E-state index contributed by atoms with van der Waals surface area (Å²) in [6.07, 6.45) is 4.75. The van der Waals surface area contributed by atoms with Gasteiger partial charge in [-0.15, -0.1) is 0 Å². The minimum Gasteiger partial charge on any atom is -0.458 e. The first-order valence-electron chi connectivity index (χ1n) is 4.91. The summed E-state index contributed by atoms with van der Waals surface area (Å²) in [4.78, 5) is 11.4. The van der Waals surface area contributed by atoms with Crippen LogP contribution in [0.3, 0.4) is 0 Å². The van der Waals surface area contributed by atoms with Gasteiger partial charge in [0.15, 0.2) is 0 Å². The van der Waals surface area contributed by atoms with Crippen molar-refractivity contribution in [1.82, 2.24) is 0 Å². The van der Waals surface area contributed by atoms with Crippen molar-refractivity contribution < 1.29 is 14.3 Å². The molecular weight excluding hydrogens is 180 g/mol. The Hall–Kier alpha value is -1.09. The van der Waals surface area contributed by atoms with Gasteiger partial charge in [0, 0.05) is 5.57 Å². The first kappa shape index (κ1) is 9.46. The lowest BCUT2D eigenvalue weighted by molar-refractivity contribution is -0.138. The van der Waals surface area contributed by atoms with Crippen LogP contribution in [-0.2, 0) is 14.3 Å². The number of epoxide rings is 1. The molecule has 76 valence electrons. The van der Waals surface area contributed by atoms with E-state index in [0.717, 1.165) is 31.4 Å². The summed E-state index contributed by atoms with van der Waals surface area (Å²) in [5.41, 5.74) is 2.09. The molecule has 0 amide bonds. The fourth-order valence-corrected chi connectivity index (χ4v) is 1.58. The van der Waals surface area contributed by atoms with Crippen molar-refractivity contribution in [2.24, 2.45) is 0 Å². The van der Waals surface area contributed by atoms with Gasteiger partial charge in [0.25, 0.3) is 0 Å². The highest BCUT2D eigenvalue weighted by Crippen LogP contribution is 2.35. The Labute approximate surface area is 83.4 Å². The van der Waals surface area contributed by atoms with Gasteiger partial charge in [0.1, 0.15) is 6.61 Å². The van der Waals surface area contributed by atoms with E-state index in [0.29, 0.717) is 12.7 Å². The molecule has 1 atom stereocenters. The lowest BCUT2D eigenvalue weighted by Crippen LogP contribution is -2.17. The molecule has 1 aliphatic carbocycles. The van der Waals surface area contributed by atoms with Crippen LogP contribution in [-0.4, -0.2) is 25.3 Å². The van der Waals surface area contributed by atoms with Gasteiger partial charge in [0.05, 0.1) is 12.7 Å². The van der Waals surface area contributed by atoms with Gasteiger partial charge in [-0.3, -0.25) is 0 Å². The summed E-state index contributed by atoms with van der Waals surface area (Å²) >= 11 is 0. The normalized spacial score (nSPS) is 24.1. The molecule has 2 aliphatic rings. The second-order valence-electron chi connectivity index (χ2n) is 3.63. The van der Waals surface area contributed by atoms with Gasteiger partial charge in [-0.1, -0.05) is 18.2 Å². The van der Waals surface area contributed by atoms with Crippen LogP contribution in [0.4, 0.5) is 0 Å². The van der Waals surface area contributed by atoms with E-state index in [-0.39, 0.29) is 5.97 Å². The van der Waals surface area contributed by atoms with Crippen LogP contribution >= 0.6 is 0 Å². The van der Waals surface area contributed by atoms with E-state index in [4.69, 9.17) is 9.47 Å². The summed E-state index contributed by atoms with van der Waals surface area (Å²) in [5.74, 6) is -0.174. The van der Waals surface area contributed by atoms with E-state index in [1.54, 1.807) is 6.08 Å². The molecular formula is C11H14O3. The first-order chi connectivity index (χ1) is 6.81. The Bertz CT molecular complexity index is 287. The predicted octanol–water partition coefficient (Wildman–Crippen LogP) is 1.59. The molecule has 1 unspecified atom stereocenters. The van der Waals surface area contributed by atoms with Crippen molar-refractivity contribution in [1.29, 1.82) is 0 Å². The molecule has 2 rings (SSSR count). The van der Waals surface area contributed by atoms with Crippen LogP contribution in [0.25, 0.3) is 0 Å². The predicted molar refractivity (Wildman–Crippen MR) is 51.8 cm³/mol. The van der Waals surface area contributed by atoms with Crippen LogP contribution in [0.1, 0.15) is 19.3 Å². The molecule has 1 heterocycles. The zero-order valence-electron chi connectivity index (χ0n) is 8.12. The van der Waals surface area contributed by atoms with E-state index in [2.05, 4.69) is 6.58 Å². The fourth-order valence-electron chi connectivity index (χ4n) is 1.58. The van der Waals surface area contributed by atoms with E-state index >= 15 is 0 Å². The Kier molecular flexibility index (Phi) is 2.68. The number of carbonyl (C=O) groups is 1. The van der Waals surface area contributed by atoms with E-state index < -0.39 is 0 Å². The molecule has 1 fully saturated rings. The number of hydrogen-bond acceptors (Lipinski definition) is 3. The molecule has 3 heteroatoms. The van der Waals surface area contributed by atoms with Crippen molar-refractivity contribution in [3.8, 4) is 0 Å². The highest BCUT2D eigenvalue weighted by atomic mass is 16.6. The summed E-state index contributed by atoms with van der Waals surface area (Å²) < 4.78 is 10.1. The first-order valence-corrected chi connectivity index (χ1v) is 4.91. The molecule has 1 saturated heterocycles. The van der Waals surface area contributed by atoms with Crippen LogP contribution in [0.15, 0.2) is 23.8 Å². The maximum atomic E-state index is 11.4. The Balaban J connectivity index is 1.88. The van der Waals surface area contributed by atoms with E-state index in [1.165, 1.54) is 5.57 Å². The highest BCUT2D eigenvalue weighted by molar-refractivity contribution is 5.91. The summed E-state index contributed by atoms with van der Waals surface area (Å²) in [7, 11) is 0. The lowest BCUT2D eigenvalue weighted by atomic mass is 9.85. The highest BCUT2D eigenvalue weighted by Gasteiger charge is 2.31. The van der Waals surface area contributed by atoms with Gasteiger partial charge >= 0.3 is 5.97 Å². The van der Waals surface area contributed by atoms with Crippen LogP contribution in [0.5, 0.6) is 0 Å². The van der Waals surface area contributed by atoms with Gasteiger partial charge in [-0.2, -0.15) is 0 Å². The molecule has 0 spiro atoms. The molecule has 14 heavy (non-hydrogen) atoms. The van der Waals surface area contributed by atoms with E-state index in [1.807, 2.05) is 0 Å². The Morgan fingerprint density at radius 2 is 2.43 bits per heavy atom. The van der Waals surface area contributed by atoms with Gasteiger partial charge < -0.3 is 9.47 Å². The SMILES string of the molecule is C=CCOC(=O)C1=C(CC2CO2)CC1. The summed E-state index contributed by atoms with van der Waals surface area (Å²) in [6, 6.07) is 0. The monoisotopic (exact) mass is 194 g/mol. The maximum absolute atomic E-state index is 11.4. The zero-order chi connectivity index (χ0) is 9.97. The van der Waals surface area contributed by atoms with Gasteiger partial charge in [-0.25, -0.2) is 4.79 Å². The van der Waals surface area contributed by atoms with Gasteiger partial charge in [-0.05, 0) is 19.3 Å². The fraction of sp³-hybridized carbons (Fsp3) is 0.545. The van der Waals surface area contributed by atoms with Gasteiger partial charge in [0.2, 0.25) is 0 Å². The van der Waals surface area contributed by atoms with Crippen molar-refractivity contribution in [3.63, 3.8) is 0 Å². The van der Waals surface area contributed by atoms with Crippen LogP contribution < -0.4 is 0 Å². The topological polar surface area (TPSA) is 38.8 Å². The van der Waals surface area contributed by atoms with Crippen molar-refractivity contribution in [2.75, 3.05) is 13.2 Å². The number of rotatable bonds is 5. The van der Waals surface area contributed by atoms with Crippen molar-refractivity contribution in [3.05, 3.63) is 23.8 Å². The third-order valence-electron chi connectivity index (χ3n) is 2.56. The zero-order valence-corrected chi connectivity index (χ0v) is 8.12. The average molecular weight is 194 g/mol. The second kappa shape index (κ2) is 3.96. The van der Waals surface area contributed by atoms with Crippen LogP contribution in [0.2, 0.25) is 0 Å². The maximum Gasteiger partial charge on any atom is 0.334 e. The minimum atomic E-state index is -0.174. The molecule has 3 nitrogen and oxygen atoms in total. The second-order valence-corrected chi connectivity index (χ2v) is 3.63. The molecule has 0 aromatic rings. The molecule has 0 radical (unpaired) electrons. The number of esters is 1. The lowest BCUT2D eigenvalue weighted by Gasteiger charge is -2.21. The summed E-state index contributed by atoms with van der Waals surface area (Å²) in [5, 5.41) is 0. The number of hydrogen-bond donors (Lipinski definition) is 0. The quantitative estimate of drug-likeness (QED) is 0.379. The number of carbonyl (C=O) groups excluding carboxylic acids is 1. The average Bonchev–Trinajstić information content (AvgIpc) is 2.92. The van der Waals surface area contributed by atoms with Crippen molar-refractivity contribution in [2.45, 2.75) is 25.4 Å². The molecule has 0 bridgehead atoms.